The number of thioether (sulfide) groups is 1. The number of carbonyl (C=O) groups excluding carboxylic acids is 1. The summed E-state index contributed by atoms with van der Waals surface area (Å²) in [7, 11) is 0. The van der Waals surface area contributed by atoms with Gasteiger partial charge in [-0.15, -0.1) is 0 Å². The summed E-state index contributed by atoms with van der Waals surface area (Å²) in [6, 6.07) is 9.32. The lowest BCUT2D eigenvalue weighted by molar-refractivity contribution is -0.113. The topological polar surface area (TPSA) is 64.7 Å². The lowest BCUT2D eigenvalue weighted by Gasteiger charge is -2.12. The molecular weight excluding hydrogens is 386 g/mol. The Morgan fingerprint density at radius 3 is 2.76 bits per heavy atom. The molecular formula is C17H11Cl2FN2O2S. The van der Waals surface area contributed by atoms with E-state index < -0.39 is 11.7 Å². The second kappa shape index (κ2) is 7.47. The summed E-state index contributed by atoms with van der Waals surface area (Å²) < 4.78 is 19.6. The van der Waals surface area contributed by atoms with Crippen LogP contribution in [0.1, 0.15) is 11.1 Å². The number of benzene rings is 2. The van der Waals surface area contributed by atoms with E-state index in [9.17, 15) is 9.18 Å². The van der Waals surface area contributed by atoms with Gasteiger partial charge in [-0.05, 0) is 48.2 Å². The first-order valence-electron chi connectivity index (χ1n) is 7.07. The number of hydrogen-bond acceptors (Lipinski definition) is 4. The summed E-state index contributed by atoms with van der Waals surface area (Å²) in [6.07, 6.45) is 1.58. The molecule has 0 fully saturated rings. The van der Waals surface area contributed by atoms with E-state index in [1.807, 2.05) is 0 Å². The zero-order valence-corrected chi connectivity index (χ0v) is 15.0. The lowest BCUT2D eigenvalue weighted by Crippen LogP contribution is -2.01. The van der Waals surface area contributed by atoms with Crippen LogP contribution in [0.2, 0.25) is 10.0 Å². The third-order valence-corrected chi connectivity index (χ3v) is 4.73. The molecule has 25 heavy (non-hydrogen) atoms. The monoisotopic (exact) mass is 396 g/mol. The average molecular weight is 397 g/mol. The van der Waals surface area contributed by atoms with Gasteiger partial charge in [-0.3, -0.25) is 4.79 Å². The number of aliphatic imine (C=N–C) groups is 1. The Hall–Kier alpha value is -2.02. The van der Waals surface area contributed by atoms with E-state index in [0.717, 1.165) is 11.8 Å². The van der Waals surface area contributed by atoms with Crippen molar-refractivity contribution >= 4 is 52.1 Å². The number of amidine groups is 1. The van der Waals surface area contributed by atoms with E-state index >= 15 is 0 Å². The van der Waals surface area contributed by atoms with Crippen LogP contribution in [0.3, 0.4) is 0 Å². The van der Waals surface area contributed by atoms with Crippen molar-refractivity contribution in [3.8, 4) is 5.75 Å². The summed E-state index contributed by atoms with van der Waals surface area (Å²) in [5, 5.41) is 0.919. The highest BCUT2D eigenvalue weighted by molar-refractivity contribution is 8.18. The highest BCUT2D eigenvalue weighted by atomic mass is 35.5. The molecule has 0 saturated carbocycles. The third kappa shape index (κ3) is 4.15. The number of halogens is 3. The molecule has 0 saturated heterocycles. The fourth-order valence-corrected chi connectivity index (χ4v) is 3.22. The molecule has 0 unspecified atom stereocenters. The Morgan fingerprint density at radius 1 is 1.28 bits per heavy atom. The van der Waals surface area contributed by atoms with Crippen LogP contribution in [0.4, 0.5) is 4.39 Å². The molecule has 0 bridgehead atoms. The van der Waals surface area contributed by atoms with Crippen molar-refractivity contribution in [2.45, 2.75) is 6.61 Å². The minimum atomic E-state index is -0.455. The standard InChI is InChI=1S/C17H11Cl2FN2O2S/c18-10-4-5-14(24-8-11-12(19)2-1-3-13(11)20)9(6-10)7-15-16(23)22-17(21)25-15/h1-7H,8H2,(H2,21,22,23)/b15-7+. The number of nitrogens with two attached hydrogens (primary N) is 1. The third-order valence-electron chi connectivity index (χ3n) is 3.33. The Kier molecular flexibility index (Phi) is 5.32. The number of nitrogens with zero attached hydrogens (tertiary/aromatic N) is 1. The van der Waals surface area contributed by atoms with Gasteiger partial charge in [0.2, 0.25) is 0 Å². The molecule has 0 spiro atoms. The normalized spacial score (nSPS) is 15.6. The molecule has 128 valence electrons. The summed E-state index contributed by atoms with van der Waals surface area (Å²) in [5.41, 5.74) is 6.35. The van der Waals surface area contributed by atoms with Crippen LogP contribution in [0.25, 0.3) is 6.08 Å². The van der Waals surface area contributed by atoms with Crippen LogP contribution in [-0.2, 0) is 11.4 Å². The first-order chi connectivity index (χ1) is 11.9. The van der Waals surface area contributed by atoms with Crippen molar-refractivity contribution in [2.75, 3.05) is 0 Å². The van der Waals surface area contributed by atoms with Crippen molar-refractivity contribution in [1.82, 2.24) is 0 Å². The van der Waals surface area contributed by atoms with Gasteiger partial charge in [0.1, 0.15) is 18.2 Å². The van der Waals surface area contributed by atoms with Crippen LogP contribution < -0.4 is 10.5 Å². The van der Waals surface area contributed by atoms with Crippen LogP contribution in [0.15, 0.2) is 46.3 Å². The van der Waals surface area contributed by atoms with Gasteiger partial charge in [0, 0.05) is 16.1 Å². The minimum absolute atomic E-state index is 0.0664. The van der Waals surface area contributed by atoms with Crippen molar-refractivity contribution in [2.24, 2.45) is 10.7 Å². The van der Waals surface area contributed by atoms with Gasteiger partial charge in [-0.2, -0.15) is 4.99 Å². The van der Waals surface area contributed by atoms with Gasteiger partial charge in [-0.1, -0.05) is 29.3 Å². The molecule has 1 aliphatic rings. The smallest absolute Gasteiger partial charge is 0.286 e. The SMILES string of the molecule is NC1=NC(=O)/C(=C\c2cc(Cl)ccc2OCc2c(F)cccc2Cl)S1. The van der Waals surface area contributed by atoms with Gasteiger partial charge in [0.15, 0.2) is 5.17 Å². The van der Waals surface area contributed by atoms with E-state index in [1.165, 1.54) is 12.1 Å². The van der Waals surface area contributed by atoms with Crippen molar-refractivity contribution in [3.05, 3.63) is 68.3 Å². The van der Waals surface area contributed by atoms with Crippen molar-refractivity contribution in [1.29, 1.82) is 0 Å². The molecule has 1 heterocycles. The fourth-order valence-electron chi connectivity index (χ4n) is 2.15. The van der Waals surface area contributed by atoms with Crippen LogP contribution in [-0.4, -0.2) is 11.1 Å². The molecule has 3 rings (SSSR count). The van der Waals surface area contributed by atoms with E-state index in [-0.39, 0.29) is 22.4 Å². The molecule has 0 aromatic heterocycles. The van der Waals surface area contributed by atoms with Crippen LogP contribution in [0.5, 0.6) is 5.75 Å². The molecule has 0 atom stereocenters. The molecule has 2 N–H and O–H groups in total. The second-order valence-electron chi connectivity index (χ2n) is 5.04. The predicted octanol–water partition coefficient (Wildman–Crippen LogP) is 4.64. The maximum absolute atomic E-state index is 13.9. The molecule has 1 aliphatic heterocycles. The number of ether oxygens (including phenoxy) is 1. The van der Waals surface area contributed by atoms with E-state index in [4.69, 9.17) is 33.7 Å². The molecule has 2 aromatic rings. The van der Waals surface area contributed by atoms with E-state index in [0.29, 0.717) is 21.2 Å². The lowest BCUT2D eigenvalue weighted by atomic mass is 10.1. The Balaban J connectivity index is 1.88. The summed E-state index contributed by atoms with van der Waals surface area (Å²) >= 11 is 13.1. The maximum atomic E-state index is 13.9. The summed E-state index contributed by atoms with van der Waals surface area (Å²) in [5.74, 6) is -0.454. The number of carbonyl (C=O) groups is 1. The van der Waals surface area contributed by atoms with Gasteiger partial charge < -0.3 is 10.5 Å². The highest BCUT2D eigenvalue weighted by Gasteiger charge is 2.20. The van der Waals surface area contributed by atoms with Crippen molar-refractivity contribution < 1.29 is 13.9 Å². The number of amides is 1. The molecule has 1 amide bonds. The minimum Gasteiger partial charge on any atom is -0.488 e. The van der Waals surface area contributed by atoms with Gasteiger partial charge in [0.25, 0.3) is 5.91 Å². The fraction of sp³-hybridized carbons (Fsp3) is 0.0588. The van der Waals surface area contributed by atoms with Crippen LogP contribution >= 0.6 is 35.0 Å². The average Bonchev–Trinajstić information content (AvgIpc) is 2.86. The largest absolute Gasteiger partial charge is 0.488 e. The van der Waals surface area contributed by atoms with Gasteiger partial charge in [0.05, 0.1) is 9.93 Å². The molecule has 0 radical (unpaired) electrons. The molecule has 0 aliphatic carbocycles. The summed E-state index contributed by atoms with van der Waals surface area (Å²) in [6.45, 7) is -0.0664. The Labute approximate surface area is 157 Å². The molecule has 4 nitrogen and oxygen atoms in total. The first-order valence-corrected chi connectivity index (χ1v) is 8.64. The van der Waals surface area contributed by atoms with Gasteiger partial charge >= 0.3 is 0 Å². The Bertz CT molecular complexity index is 895. The van der Waals surface area contributed by atoms with Crippen molar-refractivity contribution in [3.63, 3.8) is 0 Å². The van der Waals surface area contributed by atoms with E-state index in [2.05, 4.69) is 4.99 Å². The molecule has 2 aromatic carbocycles. The zero-order valence-electron chi connectivity index (χ0n) is 12.6. The summed E-state index contributed by atoms with van der Waals surface area (Å²) in [4.78, 5) is 15.8. The van der Waals surface area contributed by atoms with Gasteiger partial charge in [-0.25, -0.2) is 4.39 Å². The maximum Gasteiger partial charge on any atom is 0.286 e. The number of rotatable bonds is 4. The van der Waals surface area contributed by atoms with E-state index in [1.54, 1.807) is 30.3 Å². The quantitative estimate of drug-likeness (QED) is 0.764. The first kappa shape index (κ1) is 17.8. The number of hydrogen-bond donors (Lipinski definition) is 1. The molecule has 8 heteroatoms. The predicted molar refractivity (Wildman–Crippen MR) is 99.4 cm³/mol. The zero-order chi connectivity index (χ0) is 18.0. The Morgan fingerprint density at radius 2 is 2.08 bits per heavy atom. The second-order valence-corrected chi connectivity index (χ2v) is 6.94. The van der Waals surface area contributed by atoms with Crippen LogP contribution in [0, 0.1) is 5.82 Å². The highest BCUT2D eigenvalue weighted by Crippen LogP contribution is 2.32.